The lowest BCUT2D eigenvalue weighted by Crippen LogP contribution is -2.20. The van der Waals surface area contributed by atoms with E-state index < -0.39 is 5.82 Å². The summed E-state index contributed by atoms with van der Waals surface area (Å²) in [5.41, 5.74) is 6.88. The van der Waals surface area contributed by atoms with Gasteiger partial charge in [0.1, 0.15) is 6.10 Å². The molecule has 1 atom stereocenters. The number of nitrogens with zero attached hydrogens (tertiary/aromatic N) is 1. The predicted octanol–water partition coefficient (Wildman–Crippen LogP) is 1.29. The Balaban J connectivity index is 2.20. The summed E-state index contributed by atoms with van der Waals surface area (Å²) in [5.74, 6) is -0.183. The molecule has 0 bridgehead atoms. The number of ether oxygens (including phenoxy) is 1. The second-order valence-electron chi connectivity index (χ2n) is 3.55. The second kappa shape index (κ2) is 4.49. The van der Waals surface area contributed by atoms with E-state index in [9.17, 15) is 4.39 Å². The number of methoxy groups -OCH3 is 1. The molecule has 1 aliphatic rings. The van der Waals surface area contributed by atoms with E-state index in [0.29, 0.717) is 18.5 Å². The van der Waals surface area contributed by atoms with Crippen molar-refractivity contribution < 1.29 is 14.0 Å². The van der Waals surface area contributed by atoms with E-state index in [0.717, 1.165) is 5.71 Å². The molecule has 0 aromatic heterocycles. The first-order chi connectivity index (χ1) is 7.74. The van der Waals surface area contributed by atoms with Crippen LogP contribution in [0.1, 0.15) is 12.0 Å². The number of benzene rings is 1. The molecule has 4 nitrogen and oxygen atoms in total. The molecule has 86 valence electrons. The van der Waals surface area contributed by atoms with Crippen LogP contribution >= 0.6 is 0 Å². The van der Waals surface area contributed by atoms with Crippen LogP contribution in [0.4, 0.5) is 4.39 Å². The topological polar surface area (TPSA) is 56.8 Å². The fourth-order valence-corrected chi connectivity index (χ4v) is 1.57. The zero-order valence-corrected chi connectivity index (χ0v) is 8.94. The Morgan fingerprint density at radius 3 is 3.00 bits per heavy atom. The molecule has 16 heavy (non-hydrogen) atoms. The highest BCUT2D eigenvalue weighted by atomic mass is 19.1. The third-order valence-electron chi connectivity index (χ3n) is 2.48. The highest BCUT2D eigenvalue weighted by molar-refractivity contribution is 6.01. The Morgan fingerprint density at radius 1 is 1.62 bits per heavy atom. The third-order valence-corrected chi connectivity index (χ3v) is 2.48. The summed E-state index contributed by atoms with van der Waals surface area (Å²) in [4.78, 5) is 5.07. The fraction of sp³-hybridized carbons (Fsp3) is 0.364. The van der Waals surface area contributed by atoms with Crippen LogP contribution in [0, 0.1) is 5.82 Å². The van der Waals surface area contributed by atoms with Crippen LogP contribution in [0.25, 0.3) is 0 Å². The van der Waals surface area contributed by atoms with E-state index in [1.165, 1.54) is 13.2 Å². The van der Waals surface area contributed by atoms with Crippen molar-refractivity contribution in [3.05, 3.63) is 29.6 Å². The lowest BCUT2D eigenvalue weighted by Gasteiger charge is -2.04. The SMILES string of the molecule is COc1ccc(C2=NO[C@@H](CN)C2)cc1F. The monoisotopic (exact) mass is 224 g/mol. The molecular formula is C11H13FN2O2. The zero-order chi connectivity index (χ0) is 11.5. The van der Waals surface area contributed by atoms with Crippen molar-refractivity contribution >= 4 is 5.71 Å². The van der Waals surface area contributed by atoms with Gasteiger partial charge in [-0.2, -0.15) is 0 Å². The van der Waals surface area contributed by atoms with Gasteiger partial charge in [0, 0.05) is 18.5 Å². The fourth-order valence-electron chi connectivity index (χ4n) is 1.57. The standard InChI is InChI=1S/C11H13FN2O2/c1-15-11-3-2-7(4-9(11)12)10-5-8(6-13)16-14-10/h2-4,8H,5-6,13H2,1H3/t8-/m1/s1. The minimum atomic E-state index is -0.404. The average molecular weight is 224 g/mol. The normalized spacial score (nSPS) is 19.2. The first kappa shape index (κ1) is 10.9. The van der Waals surface area contributed by atoms with E-state index in [4.69, 9.17) is 15.3 Å². The van der Waals surface area contributed by atoms with Gasteiger partial charge in [0.15, 0.2) is 11.6 Å². The molecule has 0 saturated heterocycles. The first-order valence-electron chi connectivity index (χ1n) is 5.01. The maximum atomic E-state index is 13.4. The number of rotatable bonds is 3. The van der Waals surface area contributed by atoms with E-state index in [1.54, 1.807) is 12.1 Å². The smallest absolute Gasteiger partial charge is 0.165 e. The van der Waals surface area contributed by atoms with Gasteiger partial charge < -0.3 is 15.3 Å². The third kappa shape index (κ3) is 1.99. The molecule has 0 saturated carbocycles. The van der Waals surface area contributed by atoms with Crippen molar-refractivity contribution in [2.24, 2.45) is 10.9 Å². The van der Waals surface area contributed by atoms with Gasteiger partial charge in [-0.05, 0) is 18.2 Å². The average Bonchev–Trinajstić information content (AvgIpc) is 2.77. The summed E-state index contributed by atoms with van der Waals surface area (Å²) >= 11 is 0. The Bertz CT molecular complexity index is 420. The summed E-state index contributed by atoms with van der Waals surface area (Å²) in [6.07, 6.45) is 0.516. The van der Waals surface area contributed by atoms with Crippen molar-refractivity contribution in [3.8, 4) is 5.75 Å². The number of hydrogen-bond donors (Lipinski definition) is 1. The van der Waals surface area contributed by atoms with Crippen molar-refractivity contribution in [3.63, 3.8) is 0 Å². The van der Waals surface area contributed by atoms with E-state index in [-0.39, 0.29) is 11.9 Å². The van der Waals surface area contributed by atoms with Gasteiger partial charge in [-0.15, -0.1) is 0 Å². The minimum Gasteiger partial charge on any atom is -0.494 e. The van der Waals surface area contributed by atoms with Crippen LogP contribution in [0.3, 0.4) is 0 Å². The lowest BCUT2D eigenvalue weighted by atomic mass is 10.0. The van der Waals surface area contributed by atoms with Gasteiger partial charge in [-0.25, -0.2) is 4.39 Å². The molecule has 5 heteroatoms. The molecular weight excluding hydrogens is 211 g/mol. The summed E-state index contributed by atoms with van der Waals surface area (Å²) in [7, 11) is 1.43. The molecule has 2 rings (SSSR count). The lowest BCUT2D eigenvalue weighted by molar-refractivity contribution is 0.0918. The summed E-state index contributed by atoms with van der Waals surface area (Å²) in [6, 6.07) is 4.71. The molecule has 2 N–H and O–H groups in total. The van der Waals surface area contributed by atoms with Gasteiger partial charge in [0.25, 0.3) is 0 Å². The van der Waals surface area contributed by atoms with Crippen LogP contribution in [0.5, 0.6) is 5.75 Å². The Morgan fingerprint density at radius 2 is 2.44 bits per heavy atom. The largest absolute Gasteiger partial charge is 0.494 e. The predicted molar refractivity (Wildman–Crippen MR) is 58.0 cm³/mol. The van der Waals surface area contributed by atoms with Gasteiger partial charge in [0.05, 0.1) is 12.8 Å². The van der Waals surface area contributed by atoms with E-state index in [1.807, 2.05) is 0 Å². The van der Waals surface area contributed by atoms with Gasteiger partial charge in [-0.1, -0.05) is 5.16 Å². The molecule has 0 amide bonds. The molecule has 1 heterocycles. The number of oxime groups is 1. The minimum absolute atomic E-state index is 0.0971. The van der Waals surface area contributed by atoms with Crippen molar-refractivity contribution in [1.29, 1.82) is 0 Å². The van der Waals surface area contributed by atoms with Gasteiger partial charge >= 0.3 is 0 Å². The molecule has 0 radical (unpaired) electrons. The second-order valence-corrected chi connectivity index (χ2v) is 3.55. The Kier molecular flexibility index (Phi) is 3.05. The van der Waals surface area contributed by atoms with Crippen LogP contribution in [0.15, 0.2) is 23.4 Å². The van der Waals surface area contributed by atoms with Crippen molar-refractivity contribution in [2.75, 3.05) is 13.7 Å². The molecule has 1 aromatic rings. The highest BCUT2D eigenvalue weighted by Gasteiger charge is 2.21. The van der Waals surface area contributed by atoms with Crippen LogP contribution in [-0.2, 0) is 4.84 Å². The highest BCUT2D eigenvalue weighted by Crippen LogP contribution is 2.21. The maximum Gasteiger partial charge on any atom is 0.165 e. The molecule has 0 unspecified atom stereocenters. The van der Waals surface area contributed by atoms with Gasteiger partial charge in [0.2, 0.25) is 0 Å². The van der Waals surface area contributed by atoms with Crippen LogP contribution in [-0.4, -0.2) is 25.5 Å². The summed E-state index contributed by atoms with van der Waals surface area (Å²) < 4.78 is 18.3. The Labute approximate surface area is 92.8 Å². The number of nitrogens with two attached hydrogens (primary N) is 1. The Hall–Kier alpha value is -1.62. The van der Waals surface area contributed by atoms with Crippen molar-refractivity contribution in [1.82, 2.24) is 0 Å². The number of hydrogen-bond acceptors (Lipinski definition) is 4. The number of halogens is 1. The molecule has 0 spiro atoms. The zero-order valence-electron chi connectivity index (χ0n) is 8.94. The maximum absolute atomic E-state index is 13.4. The van der Waals surface area contributed by atoms with Crippen LogP contribution in [0.2, 0.25) is 0 Å². The summed E-state index contributed by atoms with van der Waals surface area (Å²) in [5, 5.41) is 3.88. The van der Waals surface area contributed by atoms with E-state index >= 15 is 0 Å². The van der Waals surface area contributed by atoms with Crippen LogP contribution < -0.4 is 10.5 Å². The van der Waals surface area contributed by atoms with Crippen molar-refractivity contribution in [2.45, 2.75) is 12.5 Å². The summed E-state index contributed by atoms with van der Waals surface area (Å²) in [6.45, 7) is 0.408. The molecule has 1 aliphatic heterocycles. The molecule has 1 aromatic carbocycles. The molecule has 0 aliphatic carbocycles. The van der Waals surface area contributed by atoms with Gasteiger partial charge in [-0.3, -0.25) is 0 Å². The molecule has 0 fully saturated rings. The first-order valence-corrected chi connectivity index (χ1v) is 5.01. The van der Waals surface area contributed by atoms with E-state index in [2.05, 4.69) is 5.16 Å². The quantitative estimate of drug-likeness (QED) is 0.841.